The Morgan fingerprint density at radius 2 is 1.80 bits per heavy atom. The number of nitrogens with one attached hydrogen (secondary N) is 2. The maximum atomic E-state index is 13.8. The van der Waals surface area contributed by atoms with Crippen LogP contribution in [0.25, 0.3) is 0 Å². The highest BCUT2D eigenvalue weighted by molar-refractivity contribution is 5.99. The number of rotatable bonds is 8. The Kier molecular flexibility index (Phi) is 7.92. The first kappa shape index (κ1) is 24.2. The molecule has 4 rings (SSSR count). The summed E-state index contributed by atoms with van der Waals surface area (Å²) in [6.45, 7) is 1.34. The van der Waals surface area contributed by atoms with Gasteiger partial charge >= 0.3 is 0 Å². The number of pyridine rings is 1. The number of methoxy groups -OCH3 is 1. The minimum atomic E-state index is -0.261. The number of nitrogens with zero attached hydrogens (tertiary/aromatic N) is 2. The van der Waals surface area contributed by atoms with Crippen LogP contribution >= 0.6 is 0 Å². The Balaban J connectivity index is 1.32. The van der Waals surface area contributed by atoms with Crippen LogP contribution in [-0.4, -0.2) is 48.4 Å². The third kappa shape index (κ3) is 5.95. The lowest BCUT2D eigenvalue weighted by Crippen LogP contribution is -2.43. The van der Waals surface area contributed by atoms with Gasteiger partial charge in [-0.25, -0.2) is 9.37 Å². The zero-order chi connectivity index (χ0) is 24.6. The minimum Gasteiger partial charge on any atom is -0.495 e. The van der Waals surface area contributed by atoms with Gasteiger partial charge in [-0.3, -0.25) is 9.59 Å². The maximum absolute atomic E-state index is 13.8. The number of para-hydroxylation sites is 2. The van der Waals surface area contributed by atoms with Gasteiger partial charge in [-0.1, -0.05) is 30.3 Å². The largest absolute Gasteiger partial charge is 0.495 e. The Morgan fingerprint density at radius 1 is 1.06 bits per heavy atom. The lowest BCUT2D eigenvalue weighted by atomic mass is 9.95. The second-order valence-electron chi connectivity index (χ2n) is 8.42. The zero-order valence-corrected chi connectivity index (χ0v) is 19.7. The van der Waals surface area contributed by atoms with Crippen LogP contribution in [0.4, 0.5) is 15.9 Å². The third-order valence-corrected chi connectivity index (χ3v) is 6.20. The quantitative estimate of drug-likeness (QED) is 0.510. The molecular formula is C27H29FN4O3. The maximum Gasteiger partial charge on any atom is 0.257 e. The predicted molar refractivity (Wildman–Crippen MR) is 132 cm³/mol. The number of halogens is 1. The number of piperidine rings is 1. The van der Waals surface area contributed by atoms with Crippen LogP contribution in [0.15, 0.2) is 66.9 Å². The van der Waals surface area contributed by atoms with Crippen LogP contribution in [0.3, 0.4) is 0 Å². The molecule has 2 aromatic carbocycles. The van der Waals surface area contributed by atoms with E-state index in [0.29, 0.717) is 67.3 Å². The fraction of sp³-hybridized carbons (Fsp3) is 0.296. The van der Waals surface area contributed by atoms with Gasteiger partial charge in [0.2, 0.25) is 5.91 Å². The summed E-state index contributed by atoms with van der Waals surface area (Å²) in [6.07, 6.45) is 3.23. The Labute approximate surface area is 204 Å². The van der Waals surface area contributed by atoms with Crippen LogP contribution < -0.4 is 15.4 Å². The minimum absolute atomic E-state index is 0.0478. The van der Waals surface area contributed by atoms with Crippen molar-refractivity contribution in [1.82, 2.24) is 15.2 Å². The van der Waals surface area contributed by atoms with Crippen molar-refractivity contribution in [3.8, 4) is 5.75 Å². The van der Waals surface area contributed by atoms with E-state index in [1.807, 2.05) is 24.3 Å². The number of likely N-dealkylation sites (tertiary alicyclic amines) is 1. The molecule has 0 aliphatic carbocycles. The third-order valence-electron chi connectivity index (χ3n) is 6.20. The van der Waals surface area contributed by atoms with E-state index >= 15 is 0 Å². The first-order chi connectivity index (χ1) is 17.1. The molecule has 0 atom stereocenters. The van der Waals surface area contributed by atoms with Crippen molar-refractivity contribution in [2.24, 2.45) is 5.92 Å². The molecule has 2 heterocycles. The topological polar surface area (TPSA) is 83.6 Å². The Hall–Kier alpha value is -3.94. The van der Waals surface area contributed by atoms with Crippen molar-refractivity contribution in [2.45, 2.75) is 19.3 Å². The molecule has 8 heteroatoms. The molecule has 0 unspecified atom stereocenters. The van der Waals surface area contributed by atoms with Gasteiger partial charge in [0.05, 0.1) is 18.4 Å². The van der Waals surface area contributed by atoms with Crippen molar-refractivity contribution >= 4 is 23.3 Å². The molecule has 2 N–H and O–H groups in total. The van der Waals surface area contributed by atoms with E-state index < -0.39 is 0 Å². The molecule has 7 nitrogen and oxygen atoms in total. The van der Waals surface area contributed by atoms with Gasteiger partial charge in [0.15, 0.2) is 0 Å². The summed E-state index contributed by atoms with van der Waals surface area (Å²) >= 11 is 0. The number of anilines is 2. The highest BCUT2D eigenvalue weighted by Gasteiger charge is 2.29. The lowest BCUT2D eigenvalue weighted by molar-refractivity contribution is -0.126. The van der Waals surface area contributed by atoms with Crippen molar-refractivity contribution in [2.75, 3.05) is 32.1 Å². The molecule has 2 amide bonds. The van der Waals surface area contributed by atoms with E-state index in [4.69, 9.17) is 4.74 Å². The lowest BCUT2D eigenvalue weighted by Gasteiger charge is -2.31. The molecule has 1 aliphatic rings. The Morgan fingerprint density at radius 3 is 2.57 bits per heavy atom. The first-order valence-corrected chi connectivity index (χ1v) is 11.7. The highest BCUT2D eigenvalue weighted by atomic mass is 19.1. The van der Waals surface area contributed by atoms with Crippen LogP contribution in [0.2, 0.25) is 0 Å². The zero-order valence-electron chi connectivity index (χ0n) is 19.7. The molecular weight excluding hydrogens is 447 g/mol. The molecule has 35 heavy (non-hydrogen) atoms. The summed E-state index contributed by atoms with van der Waals surface area (Å²) in [5.74, 6) is 0.499. The van der Waals surface area contributed by atoms with E-state index in [-0.39, 0.29) is 23.5 Å². The van der Waals surface area contributed by atoms with Gasteiger partial charge in [0, 0.05) is 31.7 Å². The molecule has 1 aromatic heterocycles. The van der Waals surface area contributed by atoms with Crippen molar-refractivity contribution in [3.05, 3.63) is 83.8 Å². The fourth-order valence-electron chi connectivity index (χ4n) is 4.23. The van der Waals surface area contributed by atoms with E-state index in [1.165, 1.54) is 6.07 Å². The van der Waals surface area contributed by atoms with Crippen LogP contribution in [-0.2, 0) is 11.2 Å². The summed E-state index contributed by atoms with van der Waals surface area (Å²) in [5.41, 5.74) is 1.77. The van der Waals surface area contributed by atoms with Gasteiger partial charge in [-0.15, -0.1) is 0 Å². The van der Waals surface area contributed by atoms with E-state index in [2.05, 4.69) is 15.6 Å². The molecule has 0 radical (unpaired) electrons. The molecule has 0 bridgehead atoms. The first-order valence-electron chi connectivity index (χ1n) is 11.7. The van der Waals surface area contributed by atoms with E-state index in [1.54, 1.807) is 48.5 Å². The molecule has 182 valence electrons. The average Bonchev–Trinajstić information content (AvgIpc) is 2.90. The standard InChI is InChI=1S/C27H29FN4O3/c1-35-24-11-5-4-10-23(24)31-25-21(8-6-15-29-25)27(34)32-17-13-20(14-18-32)26(33)30-16-12-19-7-2-3-9-22(19)28/h2-11,15,20H,12-14,16-18H2,1H3,(H,29,31)(H,30,33). The molecule has 0 spiro atoms. The molecule has 0 saturated carbocycles. The molecule has 1 saturated heterocycles. The van der Waals surface area contributed by atoms with Crippen molar-refractivity contribution < 1.29 is 18.7 Å². The number of carbonyl (C=O) groups is 2. The Bertz CT molecular complexity index is 1180. The second-order valence-corrected chi connectivity index (χ2v) is 8.42. The summed E-state index contributed by atoms with van der Waals surface area (Å²) in [7, 11) is 1.59. The number of amides is 2. The van der Waals surface area contributed by atoms with Gasteiger partial charge in [-0.2, -0.15) is 0 Å². The summed E-state index contributed by atoms with van der Waals surface area (Å²) in [4.78, 5) is 32.0. The van der Waals surface area contributed by atoms with E-state index in [0.717, 1.165) is 0 Å². The van der Waals surface area contributed by atoms with Crippen LogP contribution in [0, 0.1) is 11.7 Å². The van der Waals surface area contributed by atoms with Crippen molar-refractivity contribution in [1.29, 1.82) is 0 Å². The number of benzene rings is 2. The molecule has 1 fully saturated rings. The van der Waals surface area contributed by atoms with Crippen LogP contribution in [0.5, 0.6) is 5.75 Å². The number of aromatic nitrogens is 1. The van der Waals surface area contributed by atoms with Gasteiger partial charge < -0.3 is 20.3 Å². The monoisotopic (exact) mass is 476 g/mol. The number of carbonyl (C=O) groups excluding carboxylic acids is 2. The van der Waals surface area contributed by atoms with Crippen LogP contribution in [0.1, 0.15) is 28.8 Å². The number of hydrogen-bond acceptors (Lipinski definition) is 5. The smallest absolute Gasteiger partial charge is 0.257 e. The normalized spacial score (nSPS) is 13.8. The second kappa shape index (κ2) is 11.5. The van der Waals surface area contributed by atoms with Gasteiger partial charge in [0.1, 0.15) is 17.4 Å². The van der Waals surface area contributed by atoms with Crippen molar-refractivity contribution in [3.63, 3.8) is 0 Å². The highest BCUT2D eigenvalue weighted by Crippen LogP contribution is 2.28. The molecule has 1 aliphatic heterocycles. The van der Waals surface area contributed by atoms with Gasteiger partial charge in [0.25, 0.3) is 5.91 Å². The number of ether oxygens (including phenoxy) is 1. The number of hydrogen-bond donors (Lipinski definition) is 2. The summed E-state index contributed by atoms with van der Waals surface area (Å²) in [5, 5.41) is 6.12. The van der Waals surface area contributed by atoms with E-state index in [9.17, 15) is 14.0 Å². The van der Waals surface area contributed by atoms with Gasteiger partial charge in [-0.05, 0) is 55.2 Å². The SMILES string of the molecule is COc1ccccc1Nc1ncccc1C(=O)N1CCC(C(=O)NCCc2ccccc2F)CC1. The fourth-order valence-corrected chi connectivity index (χ4v) is 4.23. The average molecular weight is 477 g/mol. The summed E-state index contributed by atoms with van der Waals surface area (Å²) < 4.78 is 19.1. The summed E-state index contributed by atoms with van der Waals surface area (Å²) in [6, 6.07) is 17.5. The predicted octanol–water partition coefficient (Wildman–Crippen LogP) is 4.18. The molecule has 3 aromatic rings.